The van der Waals surface area contributed by atoms with Crippen molar-refractivity contribution in [1.82, 2.24) is 4.72 Å². The summed E-state index contributed by atoms with van der Waals surface area (Å²) < 4.78 is 28.2. The second-order valence-electron chi connectivity index (χ2n) is 4.34. The van der Waals surface area contributed by atoms with Gasteiger partial charge >= 0.3 is 0 Å². The second kappa shape index (κ2) is 5.83. The molecule has 0 aliphatic rings. The first kappa shape index (κ1) is 14.5. The van der Waals surface area contributed by atoms with Crippen LogP contribution in [0, 0.1) is 11.3 Å². The van der Waals surface area contributed by atoms with E-state index in [1.807, 2.05) is 13.8 Å². The zero-order valence-electron chi connectivity index (χ0n) is 10.4. The molecule has 1 aromatic carbocycles. The van der Waals surface area contributed by atoms with Crippen LogP contribution in [0.5, 0.6) is 0 Å². The quantitative estimate of drug-likeness (QED) is 0.455. The molecule has 7 heteroatoms. The van der Waals surface area contributed by atoms with Gasteiger partial charge in [-0.3, -0.25) is 10.1 Å². The molecule has 6 nitrogen and oxygen atoms in total. The Morgan fingerprint density at radius 3 is 2.67 bits per heavy atom. The lowest BCUT2D eigenvalue weighted by atomic mass is 10.2. The molecule has 0 bridgehead atoms. The topological polar surface area (TPSA) is 108 Å². The lowest BCUT2D eigenvalue weighted by Crippen LogP contribution is -2.32. The number of nitrogens with two attached hydrogens (primary N) is 1. The first-order valence-electron chi connectivity index (χ1n) is 5.52. The van der Waals surface area contributed by atoms with Crippen LogP contribution in [0.4, 0.5) is 5.69 Å². The summed E-state index contributed by atoms with van der Waals surface area (Å²) in [5.74, 6) is 0.122. The third-order valence-corrected chi connectivity index (χ3v) is 3.16. The number of hydrogen-bond acceptors (Lipinski definition) is 3. The van der Waals surface area contributed by atoms with Gasteiger partial charge in [-0.25, -0.2) is 0 Å². The molecule has 1 aromatic rings. The smallest absolute Gasteiger partial charge is 0.299 e. The Hall–Kier alpha value is -1.60. The number of amidine groups is 1. The fraction of sp³-hybridized carbons (Fsp3) is 0.364. The molecule has 0 radical (unpaired) electrons. The summed E-state index contributed by atoms with van der Waals surface area (Å²) in [6, 6.07) is 6.39. The van der Waals surface area contributed by atoms with Crippen LogP contribution in [0.15, 0.2) is 24.3 Å². The van der Waals surface area contributed by atoms with E-state index in [9.17, 15) is 8.42 Å². The Kier molecular flexibility index (Phi) is 4.69. The molecule has 0 spiro atoms. The van der Waals surface area contributed by atoms with E-state index in [1.54, 1.807) is 18.2 Å². The van der Waals surface area contributed by atoms with Crippen LogP contribution in [0.2, 0.25) is 0 Å². The SMILES string of the molecule is CC(C)CNS(=O)(=O)Nc1cccc(C(=N)N)c1. The highest BCUT2D eigenvalue weighted by Gasteiger charge is 2.10. The molecule has 18 heavy (non-hydrogen) atoms. The number of hydrogen-bond donors (Lipinski definition) is 4. The van der Waals surface area contributed by atoms with E-state index in [2.05, 4.69) is 9.44 Å². The van der Waals surface area contributed by atoms with Gasteiger partial charge in [0.1, 0.15) is 5.84 Å². The zero-order valence-corrected chi connectivity index (χ0v) is 11.2. The van der Waals surface area contributed by atoms with Crippen LogP contribution in [0.1, 0.15) is 19.4 Å². The predicted octanol–water partition coefficient (Wildman–Crippen LogP) is 0.873. The third-order valence-electron chi connectivity index (χ3n) is 2.11. The maximum Gasteiger partial charge on any atom is 0.299 e. The summed E-state index contributed by atoms with van der Waals surface area (Å²) in [7, 11) is -3.58. The molecule has 0 aliphatic carbocycles. The van der Waals surface area contributed by atoms with Crippen LogP contribution >= 0.6 is 0 Å². The largest absolute Gasteiger partial charge is 0.384 e. The van der Waals surface area contributed by atoms with Crippen molar-refractivity contribution in [2.75, 3.05) is 11.3 Å². The van der Waals surface area contributed by atoms with Crippen molar-refractivity contribution in [2.24, 2.45) is 11.7 Å². The van der Waals surface area contributed by atoms with Gasteiger partial charge in [-0.1, -0.05) is 26.0 Å². The van der Waals surface area contributed by atoms with E-state index >= 15 is 0 Å². The van der Waals surface area contributed by atoms with E-state index in [4.69, 9.17) is 11.1 Å². The lowest BCUT2D eigenvalue weighted by Gasteiger charge is -2.11. The van der Waals surface area contributed by atoms with Crippen molar-refractivity contribution in [3.63, 3.8) is 0 Å². The molecule has 0 heterocycles. The third kappa shape index (κ3) is 4.72. The Morgan fingerprint density at radius 1 is 1.44 bits per heavy atom. The molecule has 0 fully saturated rings. The number of nitrogen functional groups attached to an aromatic ring is 1. The lowest BCUT2D eigenvalue weighted by molar-refractivity contribution is 0.565. The normalized spacial score (nSPS) is 11.5. The highest BCUT2D eigenvalue weighted by Crippen LogP contribution is 2.11. The van der Waals surface area contributed by atoms with Crippen molar-refractivity contribution in [1.29, 1.82) is 5.41 Å². The van der Waals surface area contributed by atoms with Crippen molar-refractivity contribution in [3.05, 3.63) is 29.8 Å². The second-order valence-corrected chi connectivity index (χ2v) is 5.84. The van der Waals surface area contributed by atoms with Gasteiger partial charge in [-0.15, -0.1) is 0 Å². The minimum Gasteiger partial charge on any atom is -0.384 e. The minimum absolute atomic E-state index is 0.105. The van der Waals surface area contributed by atoms with Crippen LogP contribution < -0.4 is 15.2 Å². The van der Waals surface area contributed by atoms with Crippen LogP contribution in [-0.2, 0) is 10.2 Å². The summed E-state index contributed by atoms with van der Waals surface area (Å²) in [4.78, 5) is 0. The molecule has 5 N–H and O–H groups in total. The zero-order chi connectivity index (χ0) is 13.8. The standard InChI is InChI=1S/C11H18N4O2S/c1-8(2)7-14-18(16,17)15-10-5-3-4-9(6-10)11(12)13/h3-6,8,14-15H,7H2,1-2H3,(H3,12,13). The van der Waals surface area contributed by atoms with E-state index in [-0.39, 0.29) is 11.8 Å². The summed E-state index contributed by atoms with van der Waals surface area (Å²) in [5.41, 5.74) is 6.18. The van der Waals surface area contributed by atoms with Gasteiger partial charge in [0.2, 0.25) is 0 Å². The molecule has 0 amide bonds. The fourth-order valence-corrected chi connectivity index (χ4v) is 2.28. The molecular weight excluding hydrogens is 252 g/mol. The fourth-order valence-electron chi connectivity index (χ4n) is 1.22. The molecule has 0 unspecified atom stereocenters. The molecular formula is C11H18N4O2S. The van der Waals surface area contributed by atoms with Crippen molar-refractivity contribution >= 4 is 21.7 Å². The van der Waals surface area contributed by atoms with Crippen LogP contribution in [0.25, 0.3) is 0 Å². The van der Waals surface area contributed by atoms with Gasteiger partial charge in [-0.05, 0) is 18.1 Å². The molecule has 100 valence electrons. The highest BCUT2D eigenvalue weighted by atomic mass is 32.2. The first-order valence-corrected chi connectivity index (χ1v) is 7.00. The van der Waals surface area contributed by atoms with Gasteiger partial charge in [0.15, 0.2) is 0 Å². The summed E-state index contributed by atoms with van der Waals surface area (Å²) in [5, 5.41) is 7.29. The average molecular weight is 270 g/mol. The highest BCUT2D eigenvalue weighted by molar-refractivity contribution is 7.90. The molecule has 1 rings (SSSR count). The van der Waals surface area contributed by atoms with Crippen molar-refractivity contribution in [3.8, 4) is 0 Å². The Balaban J connectivity index is 2.78. The molecule has 0 aromatic heterocycles. The van der Waals surface area contributed by atoms with Gasteiger partial charge in [0.05, 0.1) is 5.69 Å². The Labute approximate surface area is 107 Å². The predicted molar refractivity (Wildman–Crippen MR) is 72.8 cm³/mol. The van der Waals surface area contributed by atoms with Gasteiger partial charge in [-0.2, -0.15) is 13.1 Å². The average Bonchev–Trinajstić information content (AvgIpc) is 2.26. The molecule has 0 atom stereocenters. The number of rotatable bonds is 6. The molecule has 0 aliphatic heterocycles. The summed E-state index contributed by atoms with van der Waals surface area (Å²) >= 11 is 0. The van der Waals surface area contributed by atoms with Gasteiger partial charge in [0.25, 0.3) is 10.2 Å². The van der Waals surface area contributed by atoms with Crippen LogP contribution in [0.3, 0.4) is 0 Å². The number of benzene rings is 1. The monoisotopic (exact) mass is 270 g/mol. The van der Waals surface area contributed by atoms with E-state index in [1.165, 1.54) is 6.07 Å². The maximum absolute atomic E-state index is 11.7. The Morgan fingerprint density at radius 2 is 2.11 bits per heavy atom. The molecule has 0 saturated heterocycles. The van der Waals surface area contributed by atoms with Crippen molar-refractivity contribution in [2.45, 2.75) is 13.8 Å². The van der Waals surface area contributed by atoms with Crippen LogP contribution in [-0.4, -0.2) is 20.8 Å². The summed E-state index contributed by atoms with van der Waals surface area (Å²) in [6.45, 7) is 4.19. The van der Waals surface area contributed by atoms with Gasteiger partial charge < -0.3 is 5.73 Å². The summed E-state index contributed by atoms with van der Waals surface area (Å²) in [6.07, 6.45) is 0. The Bertz CT molecular complexity index is 526. The van der Waals surface area contributed by atoms with E-state index < -0.39 is 10.2 Å². The minimum atomic E-state index is -3.58. The maximum atomic E-state index is 11.7. The molecule has 0 saturated carbocycles. The van der Waals surface area contributed by atoms with Crippen molar-refractivity contribution < 1.29 is 8.42 Å². The first-order chi connectivity index (χ1) is 8.30. The van der Waals surface area contributed by atoms with E-state index in [0.29, 0.717) is 17.8 Å². The van der Waals surface area contributed by atoms with E-state index in [0.717, 1.165) is 0 Å². The number of anilines is 1. The number of nitrogens with one attached hydrogen (secondary N) is 3. The van der Waals surface area contributed by atoms with Gasteiger partial charge in [0, 0.05) is 12.1 Å².